The summed E-state index contributed by atoms with van der Waals surface area (Å²) in [5.74, 6) is 1.06. The van der Waals surface area contributed by atoms with Gasteiger partial charge in [-0.3, -0.25) is 9.59 Å². The van der Waals surface area contributed by atoms with Gasteiger partial charge in [-0.05, 0) is 38.3 Å². The van der Waals surface area contributed by atoms with Crippen LogP contribution in [-0.2, 0) is 21.1 Å². The predicted octanol–water partition coefficient (Wildman–Crippen LogP) is 3.23. The Balaban J connectivity index is 1.61. The van der Waals surface area contributed by atoms with Gasteiger partial charge in [-0.25, -0.2) is 4.68 Å². The van der Waals surface area contributed by atoms with Crippen LogP contribution in [0, 0.1) is 13.8 Å². The van der Waals surface area contributed by atoms with Gasteiger partial charge in [0.2, 0.25) is 0 Å². The Morgan fingerprint density at radius 3 is 2.67 bits per heavy atom. The van der Waals surface area contributed by atoms with Crippen molar-refractivity contribution in [1.29, 1.82) is 0 Å². The van der Waals surface area contributed by atoms with E-state index in [1.54, 1.807) is 16.4 Å². The number of rotatable bonds is 3. The minimum absolute atomic E-state index is 0.119. The second kappa shape index (κ2) is 7.38. The van der Waals surface area contributed by atoms with E-state index in [-0.39, 0.29) is 6.04 Å². The average molecular weight is 385 g/mol. The fourth-order valence-corrected chi connectivity index (χ4v) is 4.88. The van der Waals surface area contributed by atoms with Crippen molar-refractivity contribution in [1.82, 2.24) is 15.1 Å². The maximum atomic E-state index is 12.5. The van der Waals surface area contributed by atoms with Crippen LogP contribution >= 0.6 is 11.8 Å². The molecule has 6 nitrogen and oxygen atoms in total. The Morgan fingerprint density at radius 2 is 1.93 bits per heavy atom. The molecule has 2 aromatic rings. The molecule has 1 saturated carbocycles. The summed E-state index contributed by atoms with van der Waals surface area (Å²) in [7, 11) is 0. The van der Waals surface area contributed by atoms with Crippen molar-refractivity contribution < 1.29 is 9.59 Å². The third-order valence-electron chi connectivity index (χ3n) is 5.26. The van der Waals surface area contributed by atoms with E-state index in [1.165, 1.54) is 5.56 Å². The molecule has 1 aliphatic heterocycles. The minimum Gasteiger partial charge on any atom is -0.345 e. The summed E-state index contributed by atoms with van der Waals surface area (Å²) in [6.07, 6.45) is 4.12. The lowest BCUT2D eigenvalue weighted by Crippen LogP contribution is -2.41. The number of aromatic nitrogens is 2. The van der Waals surface area contributed by atoms with E-state index in [1.807, 2.05) is 26.0 Å². The van der Waals surface area contributed by atoms with Gasteiger partial charge in [-0.15, -0.1) is 0 Å². The van der Waals surface area contributed by atoms with Crippen LogP contribution in [0.25, 0.3) is 5.69 Å². The topological polar surface area (TPSA) is 76.0 Å². The van der Waals surface area contributed by atoms with Crippen LogP contribution in [0.4, 0.5) is 5.82 Å². The maximum Gasteiger partial charge on any atom is 0.314 e. The summed E-state index contributed by atoms with van der Waals surface area (Å²) < 4.78 is 1.78. The van der Waals surface area contributed by atoms with Crippen LogP contribution in [0.3, 0.4) is 0 Å². The molecule has 4 rings (SSSR count). The zero-order valence-electron chi connectivity index (χ0n) is 15.7. The third-order valence-corrected chi connectivity index (χ3v) is 6.23. The molecule has 27 heavy (non-hydrogen) atoms. The van der Waals surface area contributed by atoms with E-state index in [4.69, 9.17) is 5.10 Å². The van der Waals surface area contributed by atoms with Crippen molar-refractivity contribution in [3.63, 3.8) is 0 Å². The molecule has 1 aromatic carbocycles. The largest absolute Gasteiger partial charge is 0.345 e. The van der Waals surface area contributed by atoms with Gasteiger partial charge in [0.25, 0.3) is 0 Å². The molecule has 2 N–H and O–H groups in total. The molecule has 142 valence electrons. The zero-order valence-corrected chi connectivity index (χ0v) is 16.5. The fourth-order valence-electron chi connectivity index (χ4n) is 3.84. The number of amides is 2. The first-order valence-electron chi connectivity index (χ1n) is 9.41. The van der Waals surface area contributed by atoms with Gasteiger partial charge in [-0.2, -0.15) is 16.9 Å². The second-order valence-electron chi connectivity index (χ2n) is 7.38. The van der Waals surface area contributed by atoms with E-state index in [2.05, 4.69) is 16.7 Å². The van der Waals surface area contributed by atoms with Crippen LogP contribution in [0.1, 0.15) is 48.1 Å². The number of anilines is 1. The number of fused-ring (bicyclic) bond motifs is 1. The Kier molecular flexibility index (Phi) is 4.95. The molecule has 0 radical (unpaired) electrons. The highest BCUT2D eigenvalue weighted by Gasteiger charge is 2.28. The zero-order chi connectivity index (χ0) is 19.0. The number of nitrogens with zero attached hydrogens (tertiary/aromatic N) is 2. The molecular weight excluding hydrogens is 360 g/mol. The van der Waals surface area contributed by atoms with E-state index < -0.39 is 11.8 Å². The first kappa shape index (κ1) is 18.1. The van der Waals surface area contributed by atoms with Crippen molar-refractivity contribution in [2.45, 2.75) is 57.1 Å². The van der Waals surface area contributed by atoms with E-state index in [0.717, 1.165) is 59.7 Å². The second-order valence-corrected chi connectivity index (χ2v) is 8.36. The van der Waals surface area contributed by atoms with E-state index in [9.17, 15) is 9.59 Å². The standard InChI is InChI=1S/C20H24N4O2S/c1-12-7-8-17(13(2)9-12)24-18(15-10-27-11-16(15)23-24)22-20(26)19(25)21-14-5-3-4-6-14/h7-9,14H,3-6,10-11H2,1-2H3,(H,21,25)(H,22,26). The highest BCUT2D eigenvalue weighted by Crippen LogP contribution is 2.36. The normalized spacial score (nSPS) is 16.4. The van der Waals surface area contributed by atoms with E-state index in [0.29, 0.717) is 5.82 Å². The summed E-state index contributed by atoms with van der Waals surface area (Å²) >= 11 is 1.77. The van der Waals surface area contributed by atoms with E-state index >= 15 is 0 Å². The van der Waals surface area contributed by atoms with Crippen LogP contribution in [-0.4, -0.2) is 27.6 Å². The Bertz CT molecular complexity index is 900. The molecule has 0 bridgehead atoms. The van der Waals surface area contributed by atoms with Gasteiger partial charge >= 0.3 is 11.8 Å². The number of carbonyl (C=O) groups is 2. The summed E-state index contributed by atoms with van der Waals surface area (Å²) in [6.45, 7) is 4.08. The molecule has 0 unspecified atom stereocenters. The number of thioether (sulfide) groups is 1. The number of benzene rings is 1. The van der Waals surface area contributed by atoms with Gasteiger partial charge in [0.05, 0.1) is 11.4 Å². The lowest BCUT2D eigenvalue weighted by atomic mass is 10.1. The molecule has 1 aromatic heterocycles. The molecule has 1 aliphatic carbocycles. The predicted molar refractivity (Wildman–Crippen MR) is 107 cm³/mol. The molecule has 0 spiro atoms. The molecule has 0 atom stereocenters. The van der Waals surface area contributed by atoms with Crippen LogP contribution < -0.4 is 10.6 Å². The molecular formula is C20H24N4O2S. The summed E-state index contributed by atoms with van der Waals surface area (Å²) in [5, 5.41) is 10.4. The summed E-state index contributed by atoms with van der Waals surface area (Å²) in [5.41, 5.74) is 5.17. The molecule has 2 aliphatic rings. The van der Waals surface area contributed by atoms with Gasteiger partial charge < -0.3 is 10.6 Å². The highest BCUT2D eigenvalue weighted by molar-refractivity contribution is 7.98. The number of hydrogen-bond donors (Lipinski definition) is 2. The van der Waals surface area contributed by atoms with Crippen molar-refractivity contribution >= 4 is 29.4 Å². The van der Waals surface area contributed by atoms with Gasteiger partial charge in [-0.1, -0.05) is 30.5 Å². The number of hydrogen-bond acceptors (Lipinski definition) is 4. The van der Waals surface area contributed by atoms with Crippen LogP contribution in [0.15, 0.2) is 18.2 Å². The molecule has 2 heterocycles. The van der Waals surface area contributed by atoms with Crippen LogP contribution in [0.5, 0.6) is 0 Å². The first-order valence-corrected chi connectivity index (χ1v) is 10.6. The van der Waals surface area contributed by atoms with Crippen molar-refractivity contribution in [3.05, 3.63) is 40.6 Å². The highest BCUT2D eigenvalue weighted by atomic mass is 32.2. The smallest absolute Gasteiger partial charge is 0.314 e. The molecule has 7 heteroatoms. The Labute approximate surface area is 163 Å². The molecule has 2 amide bonds. The number of carbonyl (C=O) groups excluding carboxylic acids is 2. The monoisotopic (exact) mass is 384 g/mol. The minimum atomic E-state index is -0.618. The Morgan fingerprint density at radius 1 is 1.15 bits per heavy atom. The number of nitrogens with one attached hydrogen (secondary N) is 2. The maximum absolute atomic E-state index is 12.5. The molecule has 1 fully saturated rings. The van der Waals surface area contributed by atoms with Crippen molar-refractivity contribution in [2.24, 2.45) is 0 Å². The lowest BCUT2D eigenvalue weighted by Gasteiger charge is -2.15. The average Bonchev–Trinajstić information content (AvgIpc) is 3.34. The van der Waals surface area contributed by atoms with Gasteiger partial charge in [0.1, 0.15) is 5.82 Å². The quantitative estimate of drug-likeness (QED) is 0.797. The molecule has 0 saturated heterocycles. The number of aryl methyl sites for hydroxylation is 2. The lowest BCUT2D eigenvalue weighted by molar-refractivity contribution is -0.136. The van der Waals surface area contributed by atoms with Crippen molar-refractivity contribution in [3.8, 4) is 5.69 Å². The van der Waals surface area contributed by atoms with Gasteiger partial charge in [0, 0.05) is 23.1 Å². The fraction of sp³-hybridized carbons (Fsp3) is 0.450. The van der Waals surface area contributed by atoms with Crippen LogP contribution in [0.2, 0.25) is 0 Å². The van der Waals surface area contributed by atoms with Gasteiger partial charge in [0.15, 0.2) is 0 Å². The van der Waals surface area contributed by atoms with Crippen molar-refractivity contribution in [2.75, 3.05) is 5.32 Å². The summed E-state index contributed by atoms with van der Waals surface area (Å²) in [6, 6.07) is 6.25. The Hall–Kier alpha value is -2.28. The summed E-state index contributed by atoms with van der Waals surface area (Å²) in [4.78, 5) is 24.9. The SMILES string of the molecule is Cc1ccc(-n2nc3c(c2NC(=O)C(=O)NC2CCCC2)CSC3)c(C)c1. The third kappa shape index (κ3) is 3.60. The first-order chi connectivity index (χ1) is 13.0.